The van der Waals surface area contributed by atoms with Gasteiger partial charge in [0.1, 0.15) is 6.61 Å². The largest absolute Gasteiger partial charge is 0.485 e. The van der Waals surface area contributed by atoms with Gasteiger partial charge < -0.3 is 18.4 Å². The Morgan fingerprint density at radius 3 is 2.92 bits per heavy atom. The predicted molar refractivity (Wildman–Crippen MR) is 85.1 cm³/mol. The number of rotatable bonds is 2. The average Bonchev–Trinajstić information content (AvgIpc) is 3.29. The van der Waals surface area contributed by atoms with Crippen LogP contribution in [0, 0.1) is 6.92 Å². The van der Waals surface area contributed by atoms with Crippen molar-refractivity contribution in [3.63, 3.8) is 0 Å². The van der Waals surface area contributed by atoms with Crippen molar-refractivity contribution in [1.29, 1.82) is 0 Å². The molecule has 0 fully saturated rings. The molecule has 1 aliphatic heterocycles. The molecule has 0 spiro atoms. The van der Waals surface area contributed by atoms with Gasteiger partial charge in [-0.25, -0.2) is 4.98 Å². The molecule has 3 aromatic heterocycles. The lowest BCUT2D eigenvalue weighted by Gasteiger charge is -2.23. The minimum atomic E-state index is -0.454. The highest BCUT2D eigenvalue weighted by Crippen LogP contribution is 2.36. The smallest absolute Gasteiger partial charge is 0.260 e. The first kappa shape index (κ1) is 14.0. The monoisotopic (exact) mass is 336 g/mol. The summed E-state index contributed by atoms with van der Waals surface area (Å²) in [6, 6.07) is 9.33. The van der Waals surface area contributed by atoms with Crippen LogP contribution in [0.25, 0.3) is 22.6 Å². The highest BCUT2D eigenvalue weighted by atomic mass is 16.6. The van der Waals surface area contributed by atoms with Gasteiger partial charge in [-0.3, -0.25) is 0 Å². The van der Waals surface area contributed by atoms with Crippen LogP contribution in [0.15, 0.2) is 45.5 Å². The van der Waals surface area contributed by atoms with Crippen LogP contribution in [-0.4, -0.2) is 26.9 Å². The fourth-order valence-electron chi connectivity index (χ4n) is 2.68. The molecule has 0 radical (unpaired) electrons. The third kappa shape index (κ3) is 2.30. The van der Waals surface area contributed by atoms with Gasteiger partial charge in [0.2, 0.25) is 12.0 Å². The summed E-state index contributed by atoms with van der Waals surface area (Å²) in [6.45, 7) is 2.15. The van der Waals surface area contributed by atoms with Gasteiger partial charge in [-0.05, 0) is 25.1 Å². The molecule has 124 valence electrons. The molecule has 0 bridgehead atoms. The van der Waals surface area contributed by atoms with E-state index in [9.17, 15) is 0 Å². The summed E-state index contributed by atoms with van der Waals surface area (Å²) in [4.78, 5) is 4.22. The SMILES string of the molecule is Cc1noc2ncc(-c3nnc([C@@H]4COc5ccccc5O4)o3)cc12. The number of para-hydroxylation sites is 2. The van der Waals surface area contributed by atoms with Gasteiger partial charge in [0.05, 0.1) is 16.6 Å². The molecule has 0 N–H and O–H groups in total. The molecular weight excluding hydrogens is 324 g/mol. The second-order valence-corrected chi connectivity index (χ2v) is 5.65. The highest BCUT2D eigenvalue weighted by molar-refractivity contribution is 5.79. The van der Waals surface area contributed by atoms with Gasteiger partial charge in [-0.1, -0.05) is 17.3 Å². The molecule has 4 heterocycles. The molecule has 25 heavy (non-hydrogen) atoms. The predicted octanol–water partition coefficient (Wildman–Crippen LogP) is 3.09. The Morgan fingerprint density at radius 2 is 2.00 bits per heavy atom. The summed E-state index contributed by atoms with van der Waals surface area (Å²) < 4.78 is 22.4. The standard InChI is InChI=1S/C17H12N4O4/c1-9-11-6-10(7-18-16(11)25-21-9)15-19-20-17(24-15)14-8-22-12-4-2-3-5-13(12)23-14/h2-7,14H,8H2,1H3/t14-/m0/s1. The number of aromatic nitrogens is 4. The maximum absolute atomic E-state index is 5.88. The summed E-state index contributed by atoms with van der Waals surface area (Å²) in [5.74, 6) is 2.07. The molecular formula is C17H12N4O4. The van der Waals surface area contributed by atoms with Crippen LogP contribution in [0.4, 0.5) is 0 Å². The lowest BCUT2D eigenvalue weighted by molar-refractivity contribution is 0.0716. The normalized spacial score (nSPS) is 16.3. The van der Waals surface area contributed by atoms with Crippen LogP contribution in [-0.2, 0) is 0 Å². The Labute approximate surface area is 141 Å². The maximum atomic E-state index is 5.88. The molecule has 1 aliphatic rings. The van der Waals surface area contributed by atoms with Crippen molar-refractivity contribution in [1.82, 2.24) is 20.3 Å². The van der Waals surface area contributed by atoms with E-state index in [-0.39, 0.29) is 0 Å². The summed E-state index contributed by atoms with van der Waals surface area (Å²) in [5, 5.41) is 12.9. The third-order valence-corrected chi connectivity index (χ3v) is 3.98. The van der Waals surface area contributed by atoms with Crippen LogP contribution in [0.3, 0.4) is 0 Å². The minimum absolute atomic E-state index is 0.306. The summed E-state index contributed by atoms with van der Waals surface area (Å²) in [5.41, 5.74) is 1.92. The first-order valence-electron chi connectivity index (χ1n) is 7.72. The van der Waals surface area contributed by atoms with Gasteiger partial charge in [0, 0.05) is 6.20 Å². The van der Waals surface area contributed by atoms with Crippen molar-refractivity contribution < 1.29 is 18.4 Å². The highest BCUT2D eigenvalue weighted by Gasteiger charge is 2.27. The van der Waals surface area contributed by atoms with Crippen molar-refractivity contribution in [2.45, 2.75) is 13.0 Å². The molecule has 1 aromatic carbocycles. The quantitative estimate of drug-likeness (QED) is 0.551. The lowest BCUT2D eigenvalue weighted by Crippen LogP contribution is -2.21. The Kier molecular flexibility index (Phi) is 2.96. The summed E-state index contributed by atoms with van der Waals surface area (Å²) in [7, 11) is 0. The van der Waals surface area contributed by atoms with E-state index in [4.69, 9.17) is 18.4 Å². The van der Waals surface area contributed by atoms with Crippen LogP contribution in [0.5, 0.6) is 11.5 Å². The van der Waals surface area contributed by atoms with Gasteiger partial charge in [0.15, 0.2) is 11.5 Å². The van der Waals surface area contributed by atoms with Gasteiger partial charge >= 0.3 is 0 Å². The molecule has 0 saturated carbocycles. The number of hydrogen-bond donors (Lipinski definition) is 0. The van der Waals surface area contributed by atoms with E-state index >= 15 is 0 Å². The van der Waals surface area contributed by atoms with Gasteiger partial charge in [-0.2, -0.15) is 0 Å². The number of aryl methyl sites for hydroxylation is 1. The zero-order chi connectivity index (χ0) is 16.8. The second-order valence-electron chi connectivity index (χ2n) is 5.65. The van der Waals surface area contributed by atoms with Crippen LogP contribution >= 0.6 is 0 Å². The van der Waals surface area contributed by atoms with Crippen LogP contribution in [0.1, 0.15) is 17.7 Å². The number of nitrogens with zero attached hydrogens (tertiary/aromatic N) is 4. The second kappa shape index (κ2) is 5.30. The minimum Gasteiger partial charge on any atom is -0.485 e. The molecule has 8 nitrogen and oxygen atoms in total. The Balaban J connectivity index is 1.46. The maximum Gasteiger partial charge on any atom is 0.260 e. The first-order chi connectivity index (χ1) is 12.3. The number of benzene rings is 1. The zero-order valence-electron chi connectivity index (χ0n) is 13.2. The van der Waals surface area contributed by atoms with E-state index in [2.05, 4.69) is 20.3 Å². The van der Waals surface area contributed by atoms with Crippen molar-refractivity contribution in [2.24, 2.45) is 0 Å². The molecule has 0 saturated heterocycles. The lowest BCUT2D eigenvalue weighted by atomic mass is 10.2. The van der Waals surface area contributed by atoms with E-state index < -0.39 is 6.10 Å². The van der Waals surface area contributed by atoms with E-state index in [0.29, 0.717) is 41.2 Å². The van der Waals surface area contributed by atoms with E-state index in [1.54, 1.807) is 6.20 Å². The first-order valence-corrected chi connectivity index (χ1v) is 7.72. The molecule has 1 atom stereocenters. The number of pyridine rings is 1. The molecule has 5 rings (SSSR count). The molecule has 0 aliphatic carbocycles. The Bertz CT molecular complexity index is 1070. The molecule has 8 heteroatoms. The fraction of sp³-hybridized carbons (Fsp3) is 0.176. The molecule has 0 amide bonds. The van der Waals surface area contributed by atoms with Crippen LogP contribution in [0.2, 0.25) is 0 Å². The zero-order valence-corrected chi connectivity index (χ0v) is 13.2. The van der Waals surface area contributed by atoms with Crippen molar-refractivity contribution in [3.8, 4) is 23.0 Å². The Morgan fingerprint density at radius 1 is 1.12 bits per heavy atom. The van der Waals surface area contributed by atoms with Crippen molar-refractivity contribution >= 4 is 11.1 Å². The molecule has 4 aromatic rings. The number of ether oxygens (including phenoxy) is 2. The molecule has 0 unspecified atom stereocenters. The summed E-state index contributed by atoms with van der Waals surface area (Å²) in [6.07, 6.45) is 1.16. The van der Waals surface area contributed by atoms with Crippen molar-refractivity contribution in [3.05, 3.63) is 48.1 Å². The van der Waals surface area contributed by atoms with E-state index in [0.717, 1.165) is 11.1 Å². The fourth-order valence-corrected chi connectivity index (χ4v) is 2.68. The number of hydrogen-bond acceptors (Lipinski definition) is 8. The van der Waals surface area contributed by atoms with Crippen molar-refractivity contribution in [2.75, 3.05) is 6.61 Å². The van der Waals surface area contributed by atoms with Crippen LogP contribution < -0.4 is 9.47 Å². The van der Waals surface area contributed by atoms with Gasteiger partial charge in [-0.15, -0.1) is 10.2 Å². The third-order valence-electron chi connectivity index (χ3n) is 3.98. The van der Waals surface area contributed by atoms with E-state index in [1.807, 2.05) is 37.3 Å². The average molecular weight is 336 g/mol. The Hall–Kier alpha value is -3.42. The van der Waals surface area contributed by atoms with Gasteiger partial charge in [0.25, 0.3) is 11.6 Å². The topological polar surface area (TPSA) is 96.3 Å². The summed E-state index contributed by atoms with van der Waals surface area (Å²) >= 11 is 0. The number of fused-ring (bicyclic) bond motifs is 2. The van der Waals surface area contributed by atoms with E-state index in [1.165, 1.54) is 0 Å².